The molecule has 0 fully saturated rings. The molecule has 1 N–H and O–H groups in total. The van der Waals surface area contributed by atoms with Crippen LogP contribution in [0, 0.1) is 9.39 Å². The standard InChI is InChI=1S/C13H9FINO/c14-10-3-1-2-4-12(10)16-8-9-5-6-13(17)11(15)7-9/h1-8,17H. The predicted molar refractivity (Wildman–Crippen MR) is 74.5 cm³/mol. The fourth-order valence-electron chi connectivity index (χ4n) is 1.30. The summed E-state index contributed by atoms with van der Waals surface area (Å²) in [6.07, 6.45) is 1.57. The minimum atomic E-state index is -0.350. The Hall–Kier alpha value is -1.43. The van der Waals surface area contributed by atoms with Crippen LogP contribution in [-0.4, -0.2) is 11.3 Å². The number of rotatable bonds is 2. The molecule has 0 unspecified atom stereocenters. The van der Waals surface area contributed by atoms with E-state index in [0.29, 0.717) is 5.69 Å². The third kappa shape index (κ3) is 3.03. The summed E-state index contributed by atoms with van der Waals surface area (Å²) in [4.78, 5) is 4.06. The first-order valence-electron chi connectivity index (χ1n) is 4.94. The van der Waals surface area contributed by atoms with Gasteiger partial charge in [-0.2, -0.15) is 0 Å². The molecule has 17 heavy (non-hydrogen) atoms. The van der Waals surface area contributed by atoms with Crippen LogP contribution in [0.1, 0.15) is 5.56 Å². The lowest BCUT2D eigenvalue weighted by molar-refractivity contribution is 0.471. The van der Waals surface area contributed by atoms with Gasteiger partial charge in [0, 0.05) is 6.21 Å². The van der Waals surface area contributed by atoms with E-state index in [1.807, 2.05) is 22.6 Å². The number of para-hydroxylation sites is 1. The van der Waals surface area contributed by atoms with Gasteiger partial charge in [0.25, 0.3) is 0 Å². The number of nitrogens with zero attached hydrogens (tertiary/aromatic N) is 1. The van der Waals surface area contributed by atoms with Gasteiger partial charge in [-0.25, -0.2) is 4.39 Å². The van der Waals surface area contributed by atoms with Crippen molar-refractivity contribution >= 4 is 34.5 Å². The van der Waals surface area contributed by atoms with Crippen LogP contribution < -0.4 is 0 Å². The minimum Gasteiger partial charge on any atom is -0.507 e. The van der Waals surface area contributed by atoms with Crippen LogP contribution in [0.5, 0.6) is 5.75 Å². The normalized spacial score (nSPS) is 10.9. The monoisotopic (exact) mass is 341 g/mol. The topological polar surface area (TPSA) is 32.6 Å². The molecule has 0 aliphatic carbocycles. The smallest absolute Gasteiger partial charge is 0.148 e. The maximum absolute atomic E-state index is 13.3. The number of aromatic hydroxyl groups is 1. The van der Waals surface area contributed by atoms with Crippen molar-refractivity contribution in [2.75, 3.05) is 0 Å². The molecule has 0 radical (unpaired) electrons. The molecule has 0 aromatic heterocycles. The van der Waals surface area contributed by atoms with Crippen molar-refractivity contribution in [3.8, 4) is 5.75 Å². The zero-order valence-corrected chi connectivity index (χ0v) is 10.9. The van der Waals surface area contributed by atoms with E-state index in [4.69, 9.17) is 0 Å². The number of phenols is 1. The van der Waals surface area contributed by atoms with E-state index >= 15 is 0 Å². The summed E-state index contributed by atoms with van der Waals surface area (Å²) in [6, 6.07) is 11.4. The van der Waals surface area contributed by atoms with Gasteiger partial charge >= 0.3 is 0 Å². The van der Waals surface area contributed by atoms with Gasteiger partial charge in [-0.1, -0.05) is 12.1 Å². The van der Waals surface area contributed by atoms with Gasteiger partial charge in [-0.3, -0.25) is 4.99 Å². The summed E-state index contributed by atoms with van der Waals surface area (Å²) in [6.45, 7) is 0. The average molecular weight is 341 g/mol. The van der Waals surface area contributed by atoms with Crippen LogP contribution in [0.4, 0.5) is 10.1 Å². The highest BCUT2D eigenvalue weighted by Crippen LogP contribution is 2.20. The lowest BCUT2D eigenvalue weighted by Gasteiger charge is -1.98. The zero-order chi connectivity index (χ0) is 12.3. The molecule has 0 spiro atoms. The Bertz CT molecular complexity index is 569. The first kappa shape index (κ1) is 12.0. The van der Waals surface area contributed by atoms with Crippen LogP contribution >= 0.6 is 22.6 Å². The number of hydrogen-bond acceptors (Lipinski definition) is 2. The fourth-order valence-corrected chi connectivity index (χ4v) is 1.84. The van der Waals surface area contributed by atoms with Crippen LogP contribution in [0.25, 0.3) is 0 Å². The second kappa shape index (κ2) is 5.27. The van der Waals surface area contributed by atoms with Gasteiger partial charge in [0.1, 0.15) is 11.6 Å². The van der Waals surface area contributed by atoms with Crippen LogP contribution in [0.3, 0.4) is 0 Å². The highest BCUT2D eigenvalue weighted by atomic mass is 127. The molecule has 0 atom stereocenters. The van der Waals surface area contributed by atoms with Crippen molar-refractivity contribution in [3.05, 3.63) is 57.4 Å². The number of aliphatic imine (C=N–C) groups is 1. The number of benzene rings is 2. The van der Waals surface area contributed by atoms with Crippen LogP contribution in [-0.2, 0) is 0 Å². The van der Waals surface area contributed by atoms with Gasteiger partial charge in [0.15, 0.2) is 0 Å². The average Bonchev–Trinajstić information content (AvgIpc) is 2.32. The quantitative estimate of drug-likeness (QED) is 0.653. The molecule has 0 heterocycles. The van der Waals surface area contributed by atoms with Crippen molar-refractivity contribution in [2.45, 2.75) is 0 Å². The molecule has 2 rings (SSSR count). The third-order valence-corrected chi connectivity index (χ3v) is 3.04. The highest BCUT2D eigenvalue weighted by Gasteiger charge is 1.99. The summed E-state index contributed by atoms with van der Waals surface area (Å²) in [7, 11) is 0. The molecular weight excluding hydrogens is 332 g/mol. The zero-order valence-electron chi connectivity index (χ0n) is 8.77. The van der Waals surface area contributed by atoms with Gasteiger partial charge in [-0.15, -0.1) is 0 Å². The Balaban J connectivity index is 2.26. The summed E-state index contributed by atoms with van der Waals surface area (Å²) in [5.74, 6) is -0.120. The summed E-state index contributed by atoms with van der Waals surface area (Å²) >= 11 is 2.03. The SMILES string of the molecule is Oc1ccc(C=Nc2ccccc2F)cc1I. The largest absolute Gasteiger partial charge is 0.507 e. The minimum absolute atomic E-state index is 0.230. The Morgan fingerprint density at radius 1 is 1.18 bits per heavy atom. The van der Waals surface area contributed by atoms with E-state index in [9.17, 15) is 9.50 Å². The van der Waals surface area contributed by atoms with Crippen molar-refractivity contribution in [1.29, 1.82) is 0 Å². The van der Waals surface area contributed by atoms with Gasteiger partial charge in [-0.05, 0) is 58.5 Å². The van der Waals surface area contributed by atoms with Crippen molar-refractivity contribution in [2.24, 2.45) is 4.99 Å². The van der Waals surface area contributed by atoms with Gasteiger partial charge < -0.3 is 5.11 Å². The van der Waals surface area contributed by atoms with Crippen molar-refractivity contribution in [3.63, 3.8) is 0 Å². The maximum atomic E-state index is 13.3. The Kier molecular flexibility index (Phi) is 3.73. The Morgan fingerprint density at radius 3 is 2.65 bits per heavy atom. The van der Waals surface area contributed by atoms with Gasteiger partial charge in [0.05, 0.1) is 9.26 Å². The molecule has 86 valence electrons. The number of hydrogen-bond donors (Lipinski definition) is 1. The Morgan fingerprint density at radius 2 is 1.94 bits per heavy atom. The van der Waals surface area contributed by atoms with Gasteiger partial charge in [0.2, 0.25) is 0 Å². The number of phenolic OH excluding ortho intramolecular Hbond substituents is 1. The van der Waals surface area contributed by atoms with E-state index < -0.39 is 0 Å². The molecule has 0 aliphatic heterocycles. The third-order valence-electron chi connectivity index (χ3n) is 2.18. The maximum Gasteiger partial charge on any atom is 0.148 e. The van der Waals surface area contributed by atoms with E-state index in [1.54, 1.807) is 42.6 Å². The molecular formula is C13H9FINO. The molecule has 0 saturated carbocycles. The summed E-state index contributed by atoms with van der Waals surface area (Å²) < 4.78 is 14.0. The lowest BCUT2D eigenvalue weighted by Crippen LogP contribution is -1.83. The molecule has 2 nitrogen and oxygen atoms in total. The van der Waals surface area contributed by atoms with E-state index in [-0.39, 0.29) is 11.6 Å². The lowest BCUT2D eigenvalue weighted by atomic mass is 10.2. The first-order chi connectivity index (χ1) is 8.16. The second-order valence-corrected chi connectivity index (χ2v) is 4.58. The van der Waals surface area contributed by atoms with E-state index in [0.717, 1.165) is 9.13 Å². The molecule has 0 amide bonds. The molecule has 4 heteroatoms. The summed E-state index contributed by atoms with van der Waals surface area (Å²) in [5.41, 5.74) is 1.12. The molecule has 2 aromatic carbocycles. The molecule has 0 bridgehead atoms. The molecule has 0 saturated heterocycles. The first-order valence-corrected chi connectivity index (χ1v) is 6.02. The van der Waals surface area contributed by atoms with E-state index in [1.165, 1.54) is 6.07 Å². The second-order valence-electron chi connectivity index (χ2n) is 3.42. The fraction of sp³-hybridized carbons (Fsp3) is 0. The van der Waals surface area contributed by atoms with Crippen LogP contribution in [0.2, 0.25) is 0 Å². The number of halogens is 2. The van der Waals surface area contributed by atoms with Crippen molar-refractivity contribution < 1.29 is 9.50 Å². The molecule has 2 aromatic rings. The molecule has 0 aliphatic rings. The van der Waals surface area contributed by atoms with E-state index in [2.05, 4.69) is 4.99 Å². The Labute approximate surface area is 112 Å². The highest BCUT2D eigenvalue weighted by molar-refractivity contribution is 14.1. The predicted octanol–water partition coefficient (Wildman–Crippen LogP) is 3.89. The van der Waals surface area contributed by atoms with Crippen LogP contribution in [0.15, 0.2) is 47.5 Å². The van der Waals surface area contributed by atoms with Crippen molar-refractivity contribution in [1.82, 2.24) is 0 Å². The summed E-state index contributed by atoms with van der Waals surface area (Å²) in [5, 5.41) is 9.36.